The van der Waals surface area contributed by atoms with Gasteiger partial charge < -0.3 is 15.0 Å². The van der Waals surface area contributed by atoms with Crippen LogP contribution >= 0.6 is 0 Å². The summed E-state index contributed by atoms with van der Waals surface area (Å²) in [7, 11) is 0. The number of aliphatic hydroxyl groups excluding tert-OH is 1. The Hall–Kier alpha value is -3.17. The van der Waals surface area contributed by atoms with Gasteiger partial charge in [0.15, 0.2) is 5.82 Å². The summed E-state index contributed by atoms with van der Waals surface area (Å²) in [5, 5.41) is 20.3. The van der Waals surface area contributed by atoms with Crippen molar-refractivity contribution in [2.24, 2.45) is 5.92 Å². The van der Waals surface area contributed by atoms with Crippen molar-refractivity contribution in [1.29, 1.82) is 0 Å². The molecule has 1 aliphatic rings. The van der Waals surface area contributed by atoms with Gasteiger partial charge in [-0.05, 0) is 48.6 Å². The van der Waals surface area contributed by atoms with Gasteiger partial charge in [-0.25, -0.2) is 4.98 Å². The summed E-state index contributed by atoms with van der Waals surface area (Å²) in [5.41, 5.74) is 3.30. The standard InChI is InChI=1S/C23H29N7O2.CH4/c1-15(2)11-29-8-7-17-10-24-20(9-18(17)12-29)23(32)27-21-6-4-5-19(26-21)22-28-25-14-30(22)16(3)13-31;/h4-6,9-10,14-16,31H,7-8,11-13H2,1-3H3,(H,26,27,32);1H4/t16-;/m1./s1. The Kier molecular flexibility index (Phi) is 7.88. The summed E-state index contributed by atoms with van der Waals surface area (Å²) in [4.78, 5) is 24.2. The minimum atomic E-state index is -0.302. The first kappa shape index (κ1) is 24.5. The molecular formula is C24H33N7O2. The molecule has 0 aromatic carbocycles. The SMILES string of the molecule is C.CC(C)CN1CCc2cnc(C(=O)Nc3cccc(-c4nncn4[C@H](C)CO)n3)cc2C1. The molecule has 176 valence electrons. The predicted molar refractivity (Wildman–Crippen MR) is 128 cm³/mol. The average Bonchev–Trinajstić information content (AvgIpc) is 3.28. The van der Waals surface area contributed by atoms with Crippen LogP contribution in [0.2, 0.25) is 0 Å². The van der Waals surface area contributed by atoms with E-state index in [9.17, 15) is 9.90 Å². The van der Waals surface area contributed by atoms with E-state index in [4.69, 9.17) is 0 Å². The number of anilines is 1. The summed E-state index contributed by atoms with van der Waals surface area (Å²) in [5.74, 6) is 1.23. The Morgan fingerprint density at radius 1 is 1.24 bits per heavy atom. The molecule has 3 aromatic rings. The van der Waals surface area contributed by atoms with Crippen LogP contribution in [0.5, 0.6) is 0 Å². The molecule has 0 spiro atoms. The van der Waals surface area contributed by atoms with Gasteiger partial charge in [0.2, 0.25) is 0 Å². The van der Waals surface area contributed by atoms with Crippen molar-refractivity contribution in [3.8, 4) is 11.5 Å². The molecule has 0 unspecified atom stereocenters. The van der Waals surface area contributed by atoms with E-state index in [0.29, 0.717) is 28.9 Å². The van der Waals surface area contributed by atoms with Crippen LogP contribution in [-0.4, -0.2) is 60.3 Å². The summed E-state index contributed by atoms with van der Waals surface area (Å²) >= 11 is 0. The van der Waals surface area contributed by atoms with E-state index in [1.54, 1.807) is 29.1 Å². The largest absolute Gasteiger partial charge is 0.394 e. The third kappa shape index (κ3) is 5.61. The van der Waals surface area contributed by atoms with E-state index < -0.39 is 0 Å². The van der Waals surface area contributed by atoms with Gasteiger partial charge in [-0.3, -0.25) is 14.7 Å². The van der Waals surface area contributed by atoms with E-state index in [1.165, 1.54) is 5.56 Å². The smallest absolute Gasteiger partial charge is 0.275 e. The third-order valence-corrected chi connectivity index (χ3v) is 5.56. The first-order valence-corrected chi connectivity index (χ1v) is 10.9. The molecule has 1 atom stereocenters. The van der Waals surface area contributed by atoms with Crippen molar-refractivity contribution < 1.29 is 9.90 Å². The lowest BCUT2D eigenvalue weighted by Gasteiger charge is -2.30. The lowest BCUT2D eigenvalue weighted by atomic mass is 10.00. The number of pyridine rings is 2. The van der Waals surface area contributed by atoms with Gasteiger partial charge in [0.1, 0.15) is 23.5 Å². The van der Waals surface area contributed by atoms with Crippen molar-refractivity contribution in [2.75, 3.05) is 25.0 Å². The molecule has 9 heteroatoms. The zero-order chi connectivity index (χ0) is 22.7. The van der Waals surface area contributed by atoms with Gasteiger partial charge in [0.05, 0.1) is 12.6 Å². The van der Waals surface area contributed by atoms with E-state index in [1.807, 2.05) is 19.2 Å². The molecule has 1 amide bonds. The van der Waals surface area contributed by atoms with Crippen molar-refractivity contribution in [2.45, 2.75) is 47.2 Å². The molecule has 4 rings (SSSR count). The fourth-order valence-corrected chi connectivity index (χ4v) is 3.94. The topological polar surface area (TPSA) is 109 Å². The van der Waals surface area contributed by atoms with Gasteiger partial charge >= 0.3 is 0 Å². The van der Waals surface area contributed by atoms with Crippen LogP contribution in [0, 0.1) is 5.92 Å². The number of aromatic nitrogens is 5. The van der Waals surface area contributed by atoms with Crippen LogP contribution < -0.4 is 5.32 Å². The second-order valence-corrected chi connectivity index (χ2v) is 8.67. The number of amides is 1. The molecule has 0 bridgehead atoms. The molecule has 2 N–H and O–H groups in total. The second-order valence-electron chi connectivity index (χ2n) is 8.67. The van der Waals surface area contributed by atoms with Crippen molar-refractivity contribution in [1.82, 2.24) is 29.6 Å². The molecule has 0 saturated carbocycles. The average molecular weight is 452 g/mol. The van der Waals surface area contributed by atoms with E-state index >= 15 is 0 Å². The summed E-state index contributed by atoms with van der Waals surface area (Å²) in [6.45, 7) is 9.16. The second kappa shape index (κ2) is 10.6. The maximum Gasteiger partial charge on any atom is 0.275 e. The van der Waals surface area contributed by atoms with Gasteiger partial charge in [-0.1, -0.05) is 27.3 Å². The van der Waals surface area contributed by atoms with Crippen molar-refractivity contribution in [3.05, 3.63) is 53.6 Å². The Labute approximate surface area is 194 Å². The number of carbonyl (C=O) groups excluding carboxylic acids is 1. The molecule has 0 saturated heterocycles. The highest BCUT2D eigenvalue weighted by Crippen LogP contribution is 2.22. The van der Waals surface area contributed by atoms with Gasteiger partial charge in [-0.2, -0.15) is 0 Å². The lowest BCUT2D eigenvalue weighted by molar-refractivity contribution is 0.102. The van der Waals surface area contributed by atoms with Crippen LogP contribution in [0.3, 0.4) is 0 Å². The fraction of sp³-hybridized carbons (Fsp3) is 0.458. The summed E-state index contributed by atoms with van der Waals surface area (Å²) < 4.78 is 1.75. The quantitative estimate of drug-likeness (QED) is 0.568. The molecule has 0 radical (unpaired) electrons. The van der Waals surface area contributed by atoms with Crippen LogP contribution in [0.15, 0.2) is 36.8 Å². The van der Waals surface area contributed by atoms with Gasteiger partial charge in [-0.15, -0.1) is 10.2 Å². The Bertz CT molecular complexity index is 1100. The van der Waals surface area contributed by atoms with E-state index in [-0.39, 0.29) is 26.0 Å². The maximum atomic E-state index is 12.9. The van der Waals surface area contributed by atoms with Gasteiger partial charge in [0.25, 0.3) is 5.91 Å². The predicted octanol–water partition coefficient (Wildman–Crippen LogP) is 3.19. The van der Waals surface area contributed by atoms with Crippen molar-refractivity contribution >= 4 is 11.7 Å². The number of hydrogen-bond donors (Lipinski definition) is 2. The summed E-state index contributed by atoms with van der Waals surface area (Å²) in [6, 6.07) is 7.02. The monoisotopic (exact) mass is 451 g/mol. The maximum absolute atomic E-state index is 12.9. The van der Waals surface area contributed by atoms with Crippen LogP contribution in [0.25, 0.3) is 11.5 Å². The highest BCUT2D eigenvalue weighted by molar-refractivity contribution is 6.02. The Morgan fingerprint density at radius 3 is 2.82 bits per heavy atom. The molecule has 3 aromatic heterocycles. The third-order valence-electron chi connectivity index (χ3n) is 5.56. The molecule has 33 heavy (non-hydrogen) atoms. The molecule has 0 aliphatic carbocycles. The lowest BCUT2D eigenvalue weighted by Crippen LogP contribution is -2.33. The van der Waals surface area contributed by atoms with Crippen molar-refractivity contribution in [3.63, 3.8) is 0 Å². The highest BCUT2D eigenvalue weighted by Gasteiger charge is 2.20. The van der Waals surface area contributed by atoms with Crippen LogP contribution in [-0.2, 0) is 13.0 Å². The number of fused-ring (bicyclic) bond motifs is 1. The first-order valence-electron chi connectivity index (χ1n) is 10.9. The molecule has 9 nitrogen and oxygen atoms in total. The minimum Gasteiger partial charge on any atom is -0.394 e. The number of rotatable bonds is 7. The number of carbonyl (C=O) groups is 1. The molecule has 4 heterocycles. The number of aliphatic hydroxyl groups is 1. The van der Waals surface area contributed by atoms with E-state index in [2.05, 4.69) is 44.2 Å². The fourth-order valence-electron chi connectivity index (χ4n) is 3.94. The summed E-state index contributed by atoms with van der Waals surface area (Å²) in [6.07, 6.45) is 4.33. The van der Waals surface area contributed by atoms with Gasteiger partial charge in [0, 0.05) is 25.8 Å². The molecule has 0 fully saturated rings. The van der Waals surface area contributed by atoms with Crippen LogP contribution in [0.1, 0.15) is 55.9 Å². The number of nitrogens with zero attached hydrogens (tertiary/aromatic N) is 6. The minimum absolute atomic E-state index is 0. The number of hydrogen-bond acceptors (Lipinski definition) is 7. The Balaban J connectivity index is 0.00000306. The van der Waals surface area contributed by atoms with E-state index in [0.717, 1.165) is 31.6 Å². The molecule has 1 aliphatic heterocycles. The zero-order valence-electron chi connectivity index (χ0n) is 18.7. The molecular weight excluding hydrogens is 418 g/mol. The first-order chi connectivity index (χ1) is 15.4. The Morgan fingerprint density at radius 2 is 2.06 bits per heavy atom. The normalized spacial score (nSPS) is 14.5. The zero-order valence-corrected chi connectivity index (χ0v) is 18.7. The highest BCUT2D eigenvalue weighted by atomic mass is 16.3. The number of nitrogens with one attached hydrogen (secondary N) is 1. The van der Waals surface area contributed by atoms with Crippen LogP contribution in [0.4, 0.5) is 5.82 Å².